The quantitative estimate of drug-likeness (QED) is 0.777. The Morgan fingerprint density at radius 1 is 1.10 bits per heavy atom. The van der Waals surface area contributed by atoms with Gasteiger partial charge in [0.05, 0.1) is 23.7 Å². The molecule has 1 unspecified atom stereocenters. The summed E-state index contributed by atoms with van der Waals surface area (Å²) in [6.45, 7) is 1.95. The maximum atomic E-state index is 13.9. The second-order valence-electron chi connectivity index (χ2n) is 4.87. The molecular formula is C17H16FN3. The van der Waals surface area contributed by atoms with Gasteiger partial charge in [0.15, 0.2) is 0 Å². The van der Waals surface area contributed by atoms with E-state index in [1.807, 2.05) is 48.0 Å². The van der Waals surface area contributed by atoms with Crippen molar-refractivity contribution in [2.24, 2.45) is 0 Å². The monoisotopic (exact) mass is 281 g/mol. The van der Waals surface area contributed by atoms with E-state index >= 15 is 0 Å². The number of para-hydroxylation sites is 2. The van der Waals surface area contributed by atoms with Gasteiger partial charge in [-0.3, -0.25) is 0 Å². The molecule has 0 aliphatic rings. The number of imidazole rings is 1. The summed E-state index contributed by atoms with van der Waals surface area (Å²) in [5.41, 5.74) is 2.57. The van der Waals surface area contributed by atoms with Crippen molar-refractivity contribution >= 4 is 5.69 Å². The fourth-order valence-electron chi connectivity index (χ4n) is 2.36. The average molecular weight is 281 g/mol. The molecule has 3 nitrogen and oxygen atoms in total. The van der Waals surface area contributed by atoms with Crippen LogP contribution in [0.15, 0.2) is 67.3 Å². The van der Waals surface area contributed by atoms with Crippen molar-refractivity contribution in [2.75, 3.05) is 5.32 Å². The summed E-state index contributed by atoms with van der Waals surface area (Å²) < 4.78 is 15.8. The first-order valence-corrected chi connectivity index (χ1v) is 6.84. The molecule has 0 aliphatic carbocycles. The molecule has 1 atom stereocenters. The minimum Gasteiger partial charge on any atom is -0.377 e. The minimum absolute atomic E-state index is 0.129. The Bertz CT molecular complexity index is 722. The molecule has 0 bridgehead atoms. The number of rotatable bonds is 4. The van der Waals surface area contributed by atoms with Gasteiger partial charge in [-0.25, -0.2) is 9.37 Å². The summed E-state index contributed by atoms with van der Waals surface area (Å²) in [5, 5.41) is 3.37. The first-order chi connectivity index (χ1) is 10.3. The van der Waals surface area contributed by atoms with Crippen LogP contribution in [-0.2, 0) is 0 Å². The lowest BCUT2D eigenvalue weighted by Crippen LogP contribution is -2.10. The zero-order valence-electron chi connectivity index (χ0n) is 11.7. The zero-order valence-corrected chi connectivity index (χ0v) is 11.7. The van der Waals surface area contributed by atoms with E-state index in [0.29, 0.717) is 5.56 Å². The zero-order chi connectivity index (χ0) is 14.7. The average Bonchev–Trinajstić information content (AvgIpc) is 3.02. The van der Waals surface area contributed by atoms with Gasteiger partial charge in [-0.15, -0.1) is 0 Å². The van der Waals surface area contributed by atoms with Gasteiger partial charge in [0.2, 0.25) is 0 Å². The highest BCUT2D eigenvalue weighted by Crippen LogP contribution is 2.26. The largest absolute Gasteiger partial charge is 0.377 e. The molecule has 4 heteroatoms. The predicted molar refractivity (Wildman–Crippen MR) is 82.0 cm³/mol. The van der Waals surface area contributed by atoms with E-state index in [0.717, 1.165) is 11.4 Å². The van der Waals surface area contributed by atoms with Crippen LogP contribution in [0.5, 0.6) is 0 Å². The molecule has 106 valence electrons. The molecule has 0 fully saturated rings. The number of nitrogens with one attached hydrogen (secondary N) is 1. The number of benzene rings is 2. The smallest absolute Gasteiger partial charge is 0.128 e. The molecule has 3 rings (SSSR count). The fourth-order valence-corrected chi connectivity index (χ4v) is 2.36. The summed E-state index contributed by atoms with van der Waals surface area (Å²) >= 11 is 0. The highest BCUT2D eigenvalue weighted by atomic mass is 19.1. The molecule has 3 aromatic rings. The van der Waals surface area contributed by atoms with Crippen molar-refractivity contribution in [3.63, 3.8) is 0 Å². The maximum absolute atomic E-state index is 13.9. The van der Waals surface area contributed by atoms with Crippen LogP contribution in [0.3, 0.4) is 0 Å². The second-order valence-corrected chi connectivity index (χ2v) is 4.87. The first kappa shape index (κ1) is 13.4. The molecule has 21 heavy (non-hydrogen) atoms. The predicted octanol–water partition coefficient (Wildman–Crippen LogP) is 4.18. The number of aromatic nitrogens is 2. The lowest BCUT2D eigenvalue weighted by molar-refractivity contribution is 0.600. The summed E-state index contributed by atoms with van der Waals surface area (Å²) in [4.78, 5) is 4.07. The van der Waals surface area contributed by atoms with Gasteiger partial charge in [0.25, 0.3) is 0 Å². The summed E-state index contributed by atoms with van der Waals surface area (Å²) in [6.07, 6.45) is 5.36. The molecule has 0 radical (unpaired) electrons. The van der Waals surface area contributed by atoms with Crippen LogP contribution < -0.4 is 5.32 Å². The molecule has 1 aromatic heterocycles. The van der Waals surface area contributed by atoms with Crippen LogP contribution in [0.2, 0.25) is 0 Å². The lowest BCUT2D eigenvalue weighted by Gasteiger charge is -2.19. The molecule has 1 heterocycles. The molecule has 2 aromatic carbocycles. The summed E-state index contributed by atoms with van der Waals surface area (Å²) in [7, 11) is 0. The third-order valence-electron chi connectivity index (χ3n) is 3.43. The van der Waals surface area contributed by atoms with E-state index < -0.39 is 0 Å². The van der Waals surface area contributed by atoms with Crippen LogP contribution in [0.25, 0.3) is 5.69 Å². The van der Waals surface area contributed by atoms with E-state index in [4.69, 9.17) is 0 Å². The van der Waals surface area contributed by atoms with Gasteiger partial charge >= 0.3 is 0 Å². The Hall–Kier alpha value is -2.62. The van der Waals surface area contributed by atoms with Crippen molar-refractivity contribution in [1.82, 2.24) is 9.55 Å². The third kappa shape index (κ3) is 2.79. The van der Waals surface area contributed by atoms with Gasteiger partial charge in [0, 0.05) is 18.0 Å². The van der Waals surface area contributed by atoms with Crippen molar-refractivity contribution in [1.29, 1.82) is 0 Å². The second kappa shape index (κ2) is 5.79. The number of anilines is 1. The van der Waals surface area contributed by atoms with Gasteiger partial charge in [-0.1, -0.05) is 30.3 Å². The van der Waals surface area contributed by atoms with E-state index in [-0.39, 0.29) is 11.9 Å². The number of halogens is 1. The van der Waals surface area contributed by atoms with Gasteiger partial charge in [-0.05, 0) is 25.1 Å². The van der Waals surface area contributed by atoms with E-state index in [1.54, 1.807) is 24.7 Å². The van der Waals surface area contributed by atoms with E-state index in [1.165, 1.54) is 6.07 Å². The Labute approximate surface area is 123 Å². The van der Waals surface area contributed by atoms with Crippen molar-refractivity contribution in [2.45, 2.75) is 13.0 Å². The van der Waals surface area contributed by atoms with Crippen molar-refractivity contribution in [3.05, 3.63) is 78.6 Å². The number of hydrogen-bond acceptors (Lipinski definition) is 2. The topological polar surface area (TPSA) is 29.9 Å². The number of nitrogens with zero attached hydrogens (tertiary/aromatic N) is 2. The highest BCUT2D eigenvalue weighted by molar-refractivity contribution is 5.61. The molecule has 0 aliphatic heterocycles. The Balaban J connectivity index is 1.91. The minimum atomic E-state index is -0.197. The van der Waals surface area contributed by atoms with Gasteiger partial charge in [0.1, 0.15) is 5.82 Å². The normalized spacial score (nSPS) is 12.1. The fraction of sp³-hybridized carbons (Fsp3) is 0.118. The van der Waals surface area contributed by atoms with Crippen molar-refractivity contribution < 1.29 is 4.39 Å². The maximum Gasteiger partial charge on any atom is 0.128 e. The molecule has 0 spiro atoms. The third-order valence-corrected chi connectivity index (χ3v) is 3.43. The molecule has 0 saturated heterocycles. The molecule has 1 N–H and O–H groups in total. The Morgan fingerprint density at radius 2 is 1.86 bits per heavy atom. The van der Waals surface area contributed by atoms with Crippen LogP contribution in [0, 0.1) is 5.82 Å². The van der Waals surface area contributed by atoms with Gasteiger partial charge < -0.3 is 9.88 Å². The van der Waals surface area contributed by atoms with Crippen LogP contribution >= 0.6 is 0 Å². The lowest BCUT2D eigenvalue weighted by atomic mass is 10.1. The first-order valence-electron chi connectivity index (χ1n) is 6.84. The van der Waals surface area contributed by atoms with E-state index in [9.17, 15) is 4.39 Å². The molecule has 0 saturated carbocycles. The van der Waals surface area contributed by atoms with Crippen LogP contribution in [-0.4, -0.2) is 9.55 Å². The highest BCUT2D eigenvalue weighted by Gasteiger charge is 2.12. The molecular weight excluding hydrogens is 265 g/mol. The van der Waals surface area contributed by atoms with Crippen LogP contribution in [0.4, 0.5) is 10.1 Å². The summed E-state index contributed by atoms with van der Waals surface area (Å²) in [6, 6.07) is 14.6. The Morgan fingerprint density at radius 3 is 2.62 bits per heavy atom. The SMILES string of the molecule is CC(Nc1ccccc1-n1ccnc1)c1ccccc1F. The Kier molecular flexibility index (Phi) is 3.69. The standard InChI is InChI=1S/C17H16FN3/c1-13(14-6-2-3-7-15(14)18)20-16-8-4-5-9-17(16)21-11-10-19-12-21/h2-13,20H,1H3. The van der Waals surface area contributed by atoms with Crippen LogP contribution in [0.1, 0.15) is 18.5 Å². The number of hydrogen-bond donors (Lipinski definition) is 1. The van der Waals surface area contributed by atoms with E-state index in [2.05, 4.69) is 10.3 Å². The molecule has 0 amide bonds. The van der Waals surface area contributed by atoms with Crippen molar-refractivity contribution in [3.8, 4) is 5.69 Å². The van der Waals surface area contributed by atoms with Gasteiger partial charge in [-0.2, -0.15) is 0 Å². The summed E-state index contributed by atoms with van der Waals surface area (Å²) in [5.74, 6) is -0.197.